The minimum Gasteiger partial charge on any atom is -0.466 e. The smallest absolute Gasteiger partial charge is 0.355 e. The predicted molar refractivity (Wildman–Crippen MR) is 105 cm³/mol. The molecule has 0 aromatic heterocycles. The fraction of sp³-hybridized carbons (Fsp3) is 0.500. The van der Waals surface area contributed by atoms with Crippen molar-refractivity contribution in [2.75, 3.05) is 70.6 Å². The van der Waals surface area contributed by atoms with Gasteiger partial charge in [-0.2, -0.15) is 0 Å². The van der Waals surface area contributed by atoms with Gasteiger partial charge in [0.2, 0.25) is 0 Å². The molecule has 1 saturated heterocycles. The van der Waals surface area contributed by atoms with E-state index < -0.39 is 11.9 Å². The maximum atomic E-state index is 12.4. The molecule has 0 amide bonds. The Morgan fingerprint density at radius 3 is 2.32 bits per heavy atom. The molecular formula is C20H27N3O5. The van der Waals surface area contributed by atoms with Crippen LogP contribution in [-0.4, -0.2) is 77.6 Å². The average molecular weight is 389 g/mol. The molecule has 8 nitrogen and oxygen atoms in total. The molecule has 1 fully saturated rings. The summed E-state index contributed by atoms with van der Waals surface area (Å²) in [5, 5.41) is 0. The molecular weight excluding hydrogens is 362 g/mol. The van der Waals surface area contributed by atoms with Crippen LogP contribution in [0.2, 0.25) is 0 Å². The minimum atomic E-state index is -0.600. The number of piperazine rings is 1. The third-order valence-electron chi connectivity index (χ3n) is 5.17. The van der Waals surface area contributed by atoms with Crippen molar-refractivity contribution in [1.82, 2.24) is 4.90 Å². The lowest BCUT2D eigenvalue weighted by molar-refractivity contribution is -0.140. The lowest BCUT2D eigenvalue weighted by Crippen LogP contribution is -2.44. The number of carbonyl (C=O) groups is 2. The first kappa shape index (κ1) is 20.2. The molecule has 0 bridgehead atoms. The van der Waals surface area contributed by atoms with Crippen molar-refractivity contribution in [1.29, 1.82) is 0 Å². The summed E-state index contributed by atoms with van der Waals surface area (Å²) < 4.78 is 15.3. The third-order valence-corrected chi connectivity index (χ3v) is 5.17. The normalized spacial score (nSPS) is 18.3. The second kappa shape index (κ2) is 8.62. The zero-order chi connectivity index (χ0) is 20.3. The van der Waals surface area contributed by atoms with Gasteiger partial charge in [0.05, 0.1) is 26.4 Å². The molecule has 28 heavy (non-hydrogen) atoms. The molecule has 0 saturated carbocycles. The van der Waals surface area contributed by atoms with Crippen molar-refractivity contribution < 1.29 is 23.8 Å². The summed E-state index contributed by atoms with van der Waals surface area (Å²) >= 11 is 0. The van der Waals surface area contributed by atoms with Crippen molar-refractivity contribution in [3.05, 3.63) is 35.0 Å². The zero-order valence-corrected chi connectivity index (χ0v) is 16.9. The summed E-state index contributed by atoms with van der Waals surface area (Å²) in [4.78, 5) is 30.9. The van der Waals surface area contributed by atoms with Crippen molar-refractivity contribution in [3.8, 4) is 0 Å². The Bertz CT molecular complexity index is 784. The molecule has 0 unspecified atom stereocenters. The molecule has 2 heterocycles. The van der Waals surface area contributed by atoms with Crippen LogP contribution in [0, 0.1) is 6.92 Å². The van der Waals surface area contributed by atoms with Crippen LogP contribution >= 0.6 is 0 Å². The fourth-order valence-corrected chi connectivity index (χ4v) is 3.54. The molecule has 2 aliphatic rings. The first-order valence-electron chi connectivity index (χ1n) is 9.25. The van der Waals surface area contributed by atoms with Crippen LogP contribution in [0.15, 0.2) is 29.5 Å². The Labute approximate surface area is 165 Å². The number of hydrogen-bond donors (Lipinski definition) is 0. The zero-order valence-electron chi connectivity index (χ0n) is 16.9. The number of esters is 2. The number of carbonyl (C=O) groups excluding carboxylic acids is 2. The maximum Gasteiger partial charge on any atom is 0.355 e. The highest BCUT2D eigenvalue weighted by Crippen LogP contribution is 2.32. The average Bonchev–Trinajstić information content (AvgIpc) is 2.72. The van der Waals surface area contributed by atoms with Crippen LogP contribution in [-0.2, 0) is 23.8 Å². The van der Waals surface area contributed by atoms with E-state index in [1.54, 1.807) is 4.90 Å². The molecule has 1 aromatic carbocycles. The van der Waals surface area contributed by atoms with E-state index in [0.717, 1.165) is 43.1 Å². The number of aryl methyl sites for hydroxylation is 1. The number of likely N-dealkylation sites (N-methyl/N-ethyl adjacent to an activating group) is 1. The van der Waals surface area contributed by atoms with E-state index in [4.69, 9.17) is 14.2 Å². The van der Waals surface area contributed by atoms with Gasteiger partial charge >= 0.3 is 11.9 Å². The lowest BCUT2D eigenvalue weighted by Gasteiger charge is -2.35. The van der Waals surface area contributed by atoms with E-state index >= 15 is 0 Å². The summed E-state index contributed by atoms with van der Waals surface area (Å²) in [5.41, 5.74) is 3.23. The van der Waals surface area contributed by atoms with Gasteiger partial charge in [0.25, 0.3) is 0 Å². The van der Waals surface area contributed by atoms with Crippen LogP contribution in [0.25, 0.3) is 0 Å². The topological polar surface area (TPSA) is 71.6 Å². The Hall–Kier alpha value is -2.58. The Morgan fingerprint density at radius 1 is 1.04 bits per heavy atom. The predicted octanol–water partition coefficient (Wildman–Crippen LogP) is 1.14. The Kier molecular flexibility index (Phi) is 6.21. The number of rotatable bonds is 4. The summed E-state index contributed by atoms with van der Waals surface area (Å²) in [6.07, 6.45) is 0. The van der Waals surface area contributed by atoms with Gasteiger partial charge in [-0.15, -0.1) is 0 Å². The molecule has 0 aliphatic carbocycles. The van der Waals surface area contributed by atoms with Gasteiger partial charge in [0, 0.05) is 37.6 Å². The SMILES string of the molecule is COC(=O)C1=C(C(=O)OC)N(c2ccc(N3CCN(C)CC3)cc2C)COC1. The molecule has 1 aromatic rings. The first-order valence-corrected chi connectivity index (χ1v) is 9.25. The molecule has 8 heteroatoms. The number of ether oxygens (including phenoxy) is 3. The van der Waals surface area contributed by atoms with E-state index in [1.807, 2.05) is 19.1 Å². The van der Waals surface area contributed by atoms with E-state index in [1.165, 1.54) is 14.2 Å². The van der Waals surface area contributed by atoms with Gasteiger partial charge in [0.15, 0.2) is 0 Å². The summed E-state index contributed by atoms with van der Waals surface area (Å²) in [7, 11) is 4.70. The third kappa shape index (κ3) is 3.98. The Balaban J connectivity index is 1.94. The van der Waals surface area contributed by atoms with Gasteiger partial charge in [-0.05, 0) is 37.7 Å². The van der Waals surface area contributed by atoms with Crippen LogP contribution in [0.4, 0.5) is 11.4 Å². The monoisotopic (exact) mass is 389 g/mol. The molecule has 2 aliphatic heterocycles. The van der Waals surface area contributed by atoms with Gasteiger partial charge < -0.3 is 28.9 Å². The van der Waals surface area contributed by atoms with E-state index in [9.17, 15) is 9.59 Å². The van der Waals surface area contributed by atoms with Gasteiger partial charge in [-0.1, -0.05) is 0 Å². The van der Waals surface area contributed by atoms with Crippen molar-refractivity contribution >= 4 is 23.3 Å². The number of nitrogens with zero attached hydrogens (tertiary/aromatic N) is 3. The summed E-state index contributed by atoms with van der Waals surface area (Å²) in [6, 6.07) is 6.09. The first-order chi connectivity index (χ1) is 13.5. The van der Waals surface area contributed by atoms with Crippen molar-refractivity contribution in [2.24, 2.45) is 0 Å². The quantitative estimate of drug-likeness (QED) is 0.710. The number of hydrogen-bond acceptors (Lipinski definition) is 8. The van der Waals surface area contributed by atoms with Crippen molar-refractivity contribution in [2.45, 2.75) is 6.92 Å². The van der Waals surface area contributed by atoms with Crippen LogP contribution in [0.3, 0.4) is 0 Å². The molecule has 0 N–H and O–H groups in total. The van der Waals surface area contributed by atoms with Crippen LogP contribution < -0.4 is 9.80 Å². The molecule has 152 valence electrons. The highest BCUT2D eigenvalue weighted by molar-refractivity contribution is 6.03. The largest absolute Gasteiger partial charge is 0.466 e. The van der Waals surface area contributed by atoms with Gasteiger partial charge in [-0.25, -0.2) is 9.59 Å². The highest BCUT2D eigenvalue weighted by Gasteiger charge is 2.33. The Morgan fingerprint density at radius 2 is 1.71 bits per heavy atom. The fourth-order valence-electron chi connectivity index (χ4n) is 3.54. The van der Waals surface area contributed by atoms with Gasteiger partial charge in [-0.3, -0.25) is 0 Å². The summed E-state index contributed by atoms with van der Waals surface area (Å²) in [6.45, 7) is 6.14. The van der Waals surface area contributed by atoms with E-state index in [0.29, 0.717) is 0 Å². The van der Waals surface area contributed by atoms with Crippen molar-refractivity contribution in [3.63, 3.8) is 0 Å². The maximum absolute atomic E-state index is 12.4. The van der Waals surface area contributed by atoms with Crippen LogP contribution in [0.5, 0.6) is 0 Å². The number of benzene rings is 1. The minimum absolute atomic E-state index is 0.00599. The van der Waals surface area contributed by atoms with Crippen LogP contribution in [0.1, 0.15) is 5.56 Å². The molecule has 0 spiro atoms. The molecule has 0 radical (unpaired) electrons. The number of anilines is 2. The van der Waals surface area contributed by atoms with E-state index in [-0.39, 0.29) is 24.6 Å². The standard InChI is InChI=1S/C20H27N3O5/c1-14-11-15(22-9-7-21(2)8-10-22)5-6-17(14)23-13-28-12-16(19(24)26-3)18(23)20(25)27-4/h5-6,11H,7-10,12-13H2,1-4H3. The number of methoxy groups -OCH3 is 2. The molecule has 3 rings (SSSR count). The lowest BCUT2D eigenvalue weighted by atomic mass is 10.1. The highest BCUT2D eigenvalue weighted by atomic mass is 16.5. The second-order valence-electron chi connectivity index (χ2n) is 6.98. The van der Waals surface area contributed by atoms with E-state index in [2.05, 4.69) is 22.9 Å². The van der Waals surface area contributed by atoms with Gasteiger partial charge in [0.1, 0.15) is 12.4 Å². The molecule has 0 atom stereocenters. The summed E-state index contributed by atoms with van der Waals surface area (Å²) in [5.74, 6) is -1.19. The second-order valence-corrected chi connectivity index (χ2v) is 6.98.